The van der Waals surface area contributed by atoms with E-state index >= 15 is 0 Å². The smallest absolute Gasteiger partial charge is 0.138 e. The Morgan fingerprint density at radius 1 is 1.00 bits per heavy atom. The molecule has 0 aliphatic carbocycles. The number of nitrogens with one attached hydrogen (secondary N) is 1. The number of hydrogen-bond donors (Lipinski definition) is 1. The van der Waals surface area contributed by atoms with Gasteiger partial charge in [0.1, 0.15) is 5.54 Å². The van der Waals surface area contributed by atoms with Gasteiger partial charge in [-0.1, -0.05) is 44.5 Å². The molecule has 0 bridgehead atoms. The summed E-state index contributed by atoms with van der Waals surface area (Å²) in [5, 5.41) is 13.6. The van der Waals surface area contributed by atoms with Gasteiger partial charge in [0.25, 0.3) is 0 Å². The summed E-state index contributed by atoms with van der Waals surface area (Å²) in [6.07, 6.45) is 5.50. The molecule has 0 amide bonds. The lowest BCUT2D eigenvalue weighted by Crippen LogP contribution is -2.54. The average molecular weight is 383 g/mol. The summed E-state index contributed by atoms with van der Waals surface area (Å²) in [5.74, 6) is 0.124. The lowest BCUT2D eigenvalue weighted by Gasteiger charge is -2.45. The molecule has 2 heterocycles. The minimum Gasteiger partial charge on any atom is -0.309 e. The van der Waals surface area contributed by atoms with Crippen molar-refractivity contribution < 1.29 is 0 Å². The fraction of sp³-hybridized carbons (Fsp3) is 0.409. The summed E-state index contributed by atoms with van der Waals surface area (Å²) in [5.41, 5.74) is 2.47. The van der Waals surface area contributed by atoms with Gasteiger partial charge < -0.3 is 5.32 Å². The maximum absolute atomic E-state index is 6.17. The maximum Gasteiger partial charge on any atom is 0.138 e. The second-order valence-electron chi connectivity index (χ2n) is 8.01. The first kappa shape index (κ1) is 19.7. The molecule has 142 valence electrons. The lowest BCUT2D eigenvalue weighted by molar-refractivity contribution is 0.187. The Labute approximate surface area is 166 Å². The molecule has 0 spiro atoms. The number of halogens is 1. The number of aromatic nitrogens is 1. The van der Waals surface area contributed by atoms with Crippen molar-refractivity contribution >= 4 is 17.2 Å². The first-order chi connectivity index (χ1) is 12.8. The molecule has 2 atom stereocenters. The second kappa shape index (κ2) is 7.53. The summed E-state index contributed by atoms with van der Waals surface area (Å²) in [6, 6.07) is 12.4. The quantitative estimate of drug-likeness (QED) is 0.681. The highest BCUT2D eigenvalue weighted by Gasteiger charge is 2.50. The van der Waals surface area contributed by atoms with Crippen LogP contribution in [-0.4, -0.2) is 16.6 Å². The summed E-state index contributed by atoms with van der Waals surface area (Å²) in [6.45, 7) is 11.0. The summed E-state index contributed by atoms with van der Waals surface area (Å²) in [4.78, 5) is 4.16. The normalized spacial score (nSPS) is 20.8. The van der Waals surface area contributed by atoms with E-state index < -0.39 is 5.54 Å². The Bertz CT molecular complexity index is 840. The first-order valence-electron chi connectivity index (χ1n) is 9.34. The van der Waals surface area contributed by atoms with Crippen LogP contribution in [0.25, 0.3) is 5.57 Å². The molecule has 1 aliphatic heterocycles. The maximum atomic E-state index is 6.17. The van der Waals surface area contributed by atoms with E-state index in [1.54, 1.807) is 0 Å². The third-order valence-corrected chi connectivity index (χ3v) is 5.71. The molecule has 0 saturated heterocycles. The van der Waals surface area contributed by atoms with Gasteiger partial charge in [-0.15, -0.1) is 0 Å². The van der Waals surface area contributed by atoms with Gasteiger partial charge in [-0.05, 0) is 49.2 Å². The number of benzene rings is 1. The highest BCUT2D eigenvalue weighted by atomic mass is 35.5. The largest absolute Gasteiger partial charge is 0.309 e. The van der Waals surface area contributed by atoms with Crippen molar-refractivity contribution in [3.63, 3.8) is 0 Å². The van der Waals surface area contributed by atoms with E-state index in [2.05, 4.69) is 62.2 Å². The van der Waals surface area contributed by atoms with Crippen molar-refractivity contribution in [2.24, 2.45) is 16.1 Å². The van der Waals surface area contributed by atoms with Crippen LogP contribution in [0.15, 0.2) is 65.2 Å². The van der Waals surface area contributed by atoms with Crippen molar-refractivity contribution in [1.82, 2.24) is 10.3 Å². The van der Waals surface area contributed by atoms with E-state index in [9.17, 15) is 0 Å². The van der Waals surface area contributed by atoms with Crippen molar-refractivity contribution in [3.05, 3.63) is 71.1 Å². The van der Waals surface area contributed by atoms with Crippen molar-refractivity contribution in [2.45, 2.75) is 51.7 Å². The molecular weight excluding hydrogens is 356 g/mol. The van der Waals surface area contributed by atoms with Gasteiger partial charge in [0.15, 0.2) is 0 Å². The molecule has 0 fully saturated rings. The lowest BCUT2D eigenvalue weighted by atomic mass is 9.66. The van der Waals surface area contributed by atoms with E-state index in [0.29, 0.717) is 11.1 Å². The highest BCUT2D eigenvalue weighted by Crippen LogP contribution is 2.52. The fourth-order valence-corrected chi connectivity index (χ4v) is 4.16. The zero-order chi connectivity index (χ0) is 19.7. The summed E-state index contributed by atoms with van der Waals surface area (Å²) < 4.78 is 0. The monoisotopic (exact) mass is 382 g/mol. The molecule has 3 rings (SSSR count). The molecule has 1 N–H and O–H groups in total. The van der Waals surface area contributed by atoms with Gasteiger partial charge >= 0.3 is 0 Å². The third kappa shape index (κ3) is 3.69. The number of azo groups is 1. The molecule has 2 aromatic rings. The van der Waals surface area contributed by atoms with Gasteiger partial charge in [-0.2, -0.15) is 10.2 Å². The zero-order valence-corrected chi connectivity index (χ0v) is 17.3. The molecule has 0 radical (unpaired) electrons. The van der Waals surface area contributed by atoms with Crippen LogP contribution in [0.3, 0.4) is 0 Å². The fourth-order valence-electron chi connectivity index (χ4n) is 4.03. The van der Waals surface area contributed by atoms with Gasteiger partial charge in [-0.25, -0.2) is 0 Å². The standard InChI is InChI=1S/C22H27ClN4/c1-15(2)26-21(4,5)16(3)22(18-6-8-19(23)9-7-18)20(14-25-27-22)17-10-12-24-13-11-17/h6-16,26H,1-5H3. The Morgan fingerprint density at radius 3 is 2.22 bits per heavy atom. The first-order valence-corrected chi connectivity index (χ1v) is 9.72. The summed E-state index contributed by atoms with van der Waals surface area (Å²) in [7, 11) is 0. The Hall–Kier alpha value is -2.04. The zero-order valence-electron chi connectivity index (χ0n) is 16.6. The molecule has 4 nitrogen and oxygen atoms in total. The topological polar surface area (TPSA) is 49.6 Å². The van der Waals surface area contributed by atoms with Crippen LogP contribution in [0.5, 0.6) is 0 Å². The molecule has 1 aromatic heterocycles. The van der Waals surface area contributed by atoms with Crippen molar-refractivity contribution in [2.75, 3.05) is 0 Å². The van der Waals surface area contributed by atoms with Gasteiger partial charge in [0.2, 0.25) is 0 Å². The minimum atomic E-state index is -0.600. The Balaban J connectivity index is 2.17. The van der Waals surface area contributed by atoms with E-state index in [1.165, 1.54) is 0 Å². The van der Waals surface area contributed by atoms with E-state index in [0.717, 1.165) is 16.7 Å². The predicted molar refractivity (Wildman–Crippen MR) is 112 cm³/mol. The minimum absolute atomic E-state index is 0.124. The number of rotatable bonds is 6. The van der Waals surface area contributed by atoms with Crippen LogP contribution in [0, 0.1) is 5.92 Å². The number of pyridine rings is 1. The molecule has 0 saturated carbocycles. The Morgan fingerprint density at radius 2 is 1.63 bits per heavy atom. The van der Waals surface area contributed by atoms with Crippen LogP contribution < -0.4 is 5.32 Å². The van der Waals surface area contributed by atoms with Gasteiger partial charge in [-0.3, -0.25) is 4.98 Å². The van der Waals surface area contributed by atoms with Crippen LogP contribution in [-0.2, 0) is 5.54 Å². The van der Waals surface area contributed by atoms with Crippen LogP contribution in [0.1, 0.15) is 45.7 Å². The highest BCUT2D eigenvalue weighted by molar-refractivity contribution is 6.30. The molecule has 1 aliphatic rings. The van der Waals surface area contributed by atoms with Crippen LogP contribution >= 0.6 is 11.6 Å². The number of hydrogen-bond acceptors (Lipinski definition) is 4. The van der Waals surface area contributed by atoms with Crippen molar-refractivity contribution in [1.29, 1.82) is 0 Å². The molecule has 2 unspecified atom stereocenters. The van der Waals surface area contributed by atoms with Gasteiger partial charge in [0.05, 0.1) is 6.20 Å². The summed E-state index contributed by atoms with van der Waals surface area (Å²) >= 11 is 6.17. The molecule has 1 aromatic carbocycles. The predicted octanol–water partition coefficient (Wildman–Crippen LogP) is 5.85. The molecule has 27 heavy (non-hydrogen) atoms. The van der Waals surface area contributed by atoms with Gasteiger partial charge in [0, 0.05) is 40.5 Å². The average Bonchev–Trinajstić information content (AvgIpc) is 3.07. The molecular formula is C22H27ClN4. The van der Waals surface area contributed by atoms with Crippen LogP contribution in [0.2, 0.25) is 5.02 Å². The SMILES string of the molecule is CC(C)NC(C)(C)C(C)C1(c2ccc(Cl)cc2)N=NC=C1c1ccncc1. The second-order valence-corrected chi connectivity index (χ2v) is 8.45. The molecule has 5 heteroatoms. The van der Waals surface area contributed by atoms with Crippen molar-refractivity contribution in [3.8, 4) is 0 Å². The Kier molecular flexibility index (Phi) is 5.50. The van der Waals surface area contributed by atoms with E-state index in [-0.39, 0.29) is 11.5 Å². The third-order valence-electron chi connectivity index (χ3n) is 5.46. The van der Waals surface area contributed by atoms with Crippen LogP contribution in [0.4, 0.5) is 0 Å². The number of nitrogens with zero attached hydrogens (tertiary/aromatic N) is 3. The van der Waals surface area contributed by atoms with E-state index in [4.69, 9.17) is 16.7 Å². The van der Waals surface area contributed by atoms with E-state index in [1.807, 2.05) is 42.9 Å².